The lowest BCUT2D eigenvalue weighted by Crippen LogP contribution is -2.72. The van der Waals surface area contributed by atoms with Crippen LogP contribution in [0.15, 0.2) is 48.5 Å². The number of piperidine rings is 1. The number of piperazine rings is 1. The van der Waals surface area contributed by atoms with Gasteiger partial charge in [0.1, 0.15) is 0 Å². The zero-order chi connectivity index (χ0) is 22.9. The molecule has 0 spiro atoms. The van der Waals surface area contributed by atoms with E-state index in [1.54, 1.807) is 19.0 Å². The number of carbonyl (C=O) groups is 2. The number of rotatable bonds is 5. The summed E-state index contributed by atoms with van der Waals surface area (Å²) in [5.41, 5.74) is 4.16. The van der Waals surface area contributed by atoms with Crippen molar-refractivity contribution in [2.75, 3.05) is 60.0 Å². The van der Waals surface area contributed by atoms with Gasteiger partial charge in [0.2, 0.25) is 5.91 Å². The Morgan fingerprint density at radius 3 is 2.36 bits per heavy atom. The molecule has 7 nitrogen and oxygen atoms in total. The maximum absolute atomic E-state index is 12.8. The Morgan fingerprint density at radius 2 is 1.70 bits per heavy atom. The van der Waals surface area contributed by atoms with Crippen molar-refractivity contribution in [2.45, 2.75) is 18.0 Å². The van der Waals surface area contributed by atoms with Crippen LogP contribution in [-0.2, 0) is 9.53 Å². The topological polar surface area (TPSA) is 65.1 Å². The Morgan fingerprint density at radius 1 is 1.00 bits per heavy atom. The SMILES string of the molecule is CN(C)C(=O)c1cccc(-c2ccc(C3[C@@H]4CN(C(=O)CN5CCOCC5)C[C@H]3N4)cc2)c1. The number of nitrogens with zero attached hydrogens (tertiary/aromatic N) is 3. The summed E-state index contributed by atoms with van der Waals surface area (Å²) in [7, 11) is 3.54. The highest BCUT2D eigenvalue weighted by molar-refractivity contribution is 5.95. The van der Waals surface area contributed by atoms with Gasteiger partial charge in [-0.05, 0) is 28.8 Å². The van der Waals surface area contributed by atoms with Crippen molar-refractivity contribution in [3.05, 3.63) is 59.7 Å². The summed E-state index contributed by atoms with van der Waals surface area (Å²) in [5, 5.41) is 3.62. The van der Waals surface area contributed by atoms with Gasteiger partial charge in [-0.3, -0.25) is 14.5 Å². The van der Waals surface area contributed by atoms with Crippen LogP contribution in [0.2, 0.25) is 0 Å². The number of fused-ring (bicyclic) bond motifs is 2. The quantitative estimate of drug-likeness (QED) is 0.754. The summed E-state index contributed by atoms with van der Waals surface area (Å²) in [6.07, 6.45) is 0. The molecule has 4 saturated heterocycles. The molecule has 0 saturated carbocycles. The van der Waals surface area contributed by atoms with Crippen LogP contribution in [0.3, 0.4) is 0 Å². The molecule has 1 unspecified atom stereocenters. The van der Waals surface area contributed by atoms with Gasteiger partial charge in [0.15, 0.2) is 0 Å². The lowest BCUT2D eigenvalue weighted by Gasteiger charge is -2.55. The molecular formula is C26H32N4O3. The molecule has 2 bridgehead atoms. The van der Waals surface area contributed by atoms with E-state index in [4.69, 9.17) is 4.74 Å². The molecule has 1 N–H and O–H groups in total. The summed E-state index contributed by atoms with van der Waals surface area (Å²) in [5.74, 6) is 0.678. The summed E-state index contributed by atoms with van der Waals surface area (Å²) in [4.78, 5) is 30.9. The minimum atomic E-state index is 0.00885. The Kier molecular flexibility index (Phi) is 6.19. The summed E-state index contributed by atoms with van der Waals surface area (Å²) in [6.45, 7) is 5.14. The summed E-state index contributed by atoms with van der Waals surface area (Å²) in [6, 6.07) is 17.1. The van der Waals surface area contributed by atoms with Crippen LogP contribution in [0, 0.1) is 0 Å². The first-order valence-electron chi connectivity index (χ1n) is 11.8. The lowest BCUT2D eigenvalue weighted by atomic mass is 9.74. The van der Waals surface area contributed by atoms with Crippen LogP contribution < -0.4 is 5.32 Å². The number of amides is 2. The maximum Gasteiger partial charge on any atom is 0.253 e. The van der Waals surface area contributed by atoms with Crippen LogP contribution in [0.1, 0.15) is 21.8 Å². The van der Waals surface area contributed by atoms with E-state index < -0.39 is 0 Å². The van der Waals surface area contributed by atoms with Crippen molar-refractivity contribution in [3.63, 3.8) is 0 Å². The lowest BCUT2D eigenvalue weighted by molar-refractivity contribution is -0.138. The Hall–Kier alpha value is -2.74. The Bertz CT molecular complexity index is 1000. The first-order valence-corrected chi connectivity index (χ1v) is 11.8. The predicted molar refractivity (Wildman–Crippen MR) is 127 cm³/mol. The van der Waals surface area contributed by atoms with Crippen molar-refractivity contribution in [2.24, 2.45) is 0 Å². The molecule has 174 valence electrons. The predicted octanol–water partition coefficient (Wildman–Crippen LogP) is 1.65. The Balaban J connectivity index is 1.22. The number of ether oxygens (including phenoxy) is 1. The number of hydrogen-bond acceptors (Lipinski definition) is 5. The standard InChI is InChI=1S/C26H32N4O3/c1-28(2)26(32)21-5-3-4-20(14-21)18-6-8-19(9-7-18)25-22-15-30(16-23(25)27-22)24(31)17-29-10-12-33-13-11-29/h3-9,14,22-23,25,27H,10-13,15-17H2,1-2H3/t22-,23+,25?. The van der Waals surface area contributed by atoms with Crippen LogP contribution in [-0.4, -0.2) is 98.6 Å². The number of morpholine rings is 1. The molecule has 33 heavy (non-hydrogen) atoms. The van der Waals surface area contributed by atoms with Gasteiger partial charge in [0.25, 0.3) is 5.91 Å². The molecule has 7 heteroatoms. The van der Waals surface area contributed by atoms with E-state index in [2.05, 4.69) is 34.5 Å². The van der Waals surface area contributed by atoms with Crippen LogP contribution in [0.5, 0.6) is 0 Å². The van der Waals surface area contributed by atoms with E-state index in [9.17, 15) is 9.59 Å². The number of nitrogens with one attached hydrogen (secondary N) is 1. The van der Waals surface area contributed by atoms with Gasteiger partial charge >= 0.3 is 0 Å². The van der Waals surface area contributed by atoms with Gasteiger partial charge in [-0.1, -0.05) is 36.4 Å². The van der Waals surface area contributed by atoms with Crippen molar-refractivity contribution in [1.82, 2.24) is 20.0 Å². The summed E-state index contributed by atoms with van der Waals surface area (Å²) >= 11 is 0. The largest absolute Gasteiger partial charge is 0.379 e. The highest BCUT2D eigenvalue weighted by atomic mass is 16.5. The molecule has 4 aliphatic heterocycles. The zero-order valence-corrected chi connectivity index (χ0v) is 19.4. The molecule has 3 atom stereocenters. The van der Waals surface area contributed by atoms with Crippen LogP contribution in [0.25, 0.3) is 11.1 Å². The normalized spacial score (nSPS) is 24.8. The molecule has 0 aliphatic carbocycles. The van der Waals surface area contributed by atoms with E-state index >= 15 is 0 Å². The zero-order valence-electron chi connectivity index (χ0n) is 19.4. The van der Waals surface area contributed by atoms with E-state index in [0.717, 1.165) is 37.3 Å². The molecule has 0 radical (unpaired) electrons. The van der Waals surface area contributed by atoms with Crippen molar-refractivity contribution < 1.29 is 14.3 Å². The monoisotopic (exact) mass is 448 g/mol. The highest BCUT2D eigenvalue weighted by Crippen LogP contribution is 2.37. The highest BCUT2D eigenvalue weighted by Gasteiger charge is 2.48. The second kappa shape index (κ2) is 9.25. The van der Waals surface area contributed by atoms with Gasteiger partial charge < -0.3 is 19.9 Å². The van der Waals surface area contributed by atoms with Crippen LogP contribution >= 0.6 is 0 Å². The van der Waals surface area contributed by atoms with Gasteiger partial charge in [-0.25, -0.2) is 0 Å². The third-order valence-corrected chi connectivity index (χ3v) is 7.09. The van der Waals surface area contributed by atoms with Crippen molar-refractivity contribution >= 4 is 11.8 Å². The molecule has 6 rings (SSSR count). The van der Waals surface area contributed by atoms with Gasteiger partial charge in [-0.15, -0.1) is 0 Å². The minimum Gasteiger partial charge on any atom is -0.379 e. The Labute approximate surface area is 195 Å². The molecule has 0 aromatic heterocycles. The second-order valence-corrected chi connectivity index (χ2v) is 9.50. The van der Waals surface area contributed by atoms with Gasteiger partial charge in [0.05, 0.1) is 19.8 Å². The van der Waals surface area contributed by atoms with Gasteiger partial charge in [-0.2, -0.15) is 0 Å². The van der Waals surface area contributed by atoms with E-state index in [-0.39, 0.29) is 11.8 Å². The van der Waals surface area contributed by atoms with E-state index in [0.29, 0.717) is 43.3 Å². The fourth-order valence-electron chi connectivity index (χ4n) is 5.23. The molecule has 2 aromatic carbocycles. The molecule has 4 heterocycles. The molecule has 4 aliphatic rings. The average Bonchev–Trinajstić information content (AvgIpc) is 2.84. The molecule has 2 amide bonds. The minimum absolute atomic E-state index is 0.00885. The number of benzene rings is 2. The van der Waals surface area contributed by atoms with E-state index in [1.807, 2.05) is 29.2 Å². The fraction of sp³-hybridized carbons (Fsp3) is 0.462. The average molecular weight is 449 g/mol. The third kappa shape index (κ3) is 4.53. The maximum atomic E-state index is 12.8. The van der Waals surface area contributed by atoms with Crippen molar-refractivity contribution in [3.8, 4) is 11.1 Å². The first-order chi connectivity index (χ1) is 16.0. The smallest absolute Gasteiger partial charge is 0.253 e. The van der Waals surface area contributed by atoms with E-state index in [1.165, 1.54) is 5.56 Å². The number of hydrogen-bond donors (Lipinski definition) is 1. The van der Waals surface area contributed by atoms with Gasteiger partial charge in [0, 0.05) is 63.8 Å². The fourth-order valence-corrected chi connectivity index (χ4v) is 5.23. The third-order valence-electron chi connectivity index (χ3n) is 7.09. The molecular weight excluding hydrogens is 416 g/mol. The first kappa shape index (κ1) is 22.1. The van der Waals surface area contributed by atoms with Crippen molar-refractivity contribution in [1.29, 1.82) is 0 Å². The molecule has 2 aromatic rings. The van der Waals surface area contributed by atoms with Crippen LogP contribution in [0.4, 0.5) is 0 Å². The number of carbonyl (C=O) groups excluding carboxylic acids is 2. The molecule has 4 fully saturated rings. The second-order valence-electron chi connectivity index (χ2n) is 9.50. The summed E-state index contributed by atoms with van der Waals surface area (Å²) < 4.78 is 5.38.